The van der Waals surface area contributed by atoms with Crippen molar-refractivity contribution in [2.75, 3.05) is 13.1 Å². The maximum absolute atomic E-state index is 7.05. The van der Waals surface area contributed by atoms with Gasteiger partial charge in [0.25, 0.3) is 0 Å². The van der Waals surface area contributed by atoms with E-state index in [2.05, 4.69) is 233 Å². The number of aliphatic imine (C=N–C) groups is 3. The van der Waals surface area contributed by atoms with Gasteiger partial charge in [-0.2, -0.15) is 0 Å². The first kappa shape index (κ1) is 60.4. The highest BCUT2D eigenvalue weighted by molar-refractivity contribution is 6.84. The Morgan fingerprint density at radius 2 is 1.05 bits per heavy atom. The smallest absolute Gasteiger partial charge is 0.175 e. The predicted octanol–water partition coefficient (Wildman–Crippen LogP) is 20.4. The first-order valence-electron chi connectivity index (χ1n) is 30.4. The Kier molecular flexibility index (Phi) is 21.5. The van der Waals surface area contributed by atoms with Gasteiger partial charge in [-0.1, -0.05) is 240 Å². The minimum Gasteiger partial charge on any atom is -0.455 e. The lowest BCUT2D eigenvalue weighted by Gasteiger charge is -2.37. The highest BCUT2D eigenvalue weighted by Crippen LogP contribution is 2.56. The lowest BCUT2D eigenvalue weighted by atomic mass is 9.67. The minimum absolute atomic E-state index is 0.0223. The summed E-state index contributed by atoms with van der Waals surface area (Å²) in [7, 11) is -3.81. The quantitative estimate of drug-likeness (QED) is 0.0251. The standard InChI is InChI=1S/C72H97N3OSi2/c1-13-17-19-25-47-70(6,7)61-39-41-63(42-40-61)72(68-29-22-20-27-66(68)67-28-21-23-30-69(67)72)64-43-45-65(46-44-64)75-54-58-33-37-62(38-34-58)71(8,48-24-18-14-2)60(16-4)55-74-50-52-78(11,12)76-77(9,10)51-49-73-53-57-31-35-59(36-32-57)56(5)26-15-3/h20-23,27-46,53-56,60H,13-19,24-26,47-52H2,1-12H3/b73-53+,74-55-,75-54+. The number of unbranched alkanes of at least 4 members (excludes halogenated alkanes) is 5. The van der Waals surface area contributed by atoms with Crippen molar-refractivity contribution in [3.63, 3.8) is 0 Å². The molecule has 7 rings (SSSR count). The number of hydrogen-bond donors (Lipinski definition) is 0. The second-order valence-electron chi connectivity index (χ2n) is 25.0. The Morgan fingerprint density at radius 1 is 0.538 bits per heavy atom. The molecule has 0 radical (unpaired) electrons. The summed E-state index contributed by atoms with van der Waals surface area (Å²) in [5, 5.41) is 0. The van der Waals surface area contributed by atoms with Crippen molar-refractivity contribution in [1.82, 2.24) is 0 Å². The van der Waals surface area contributed by atoms with E-state index in [1.54, 1.807) is 0 Å². The summed E-state index contributed by atoms with van der Waals surface area (Å²) in [6.07, 6.45) is 21.0. The Morgan fingerprint density at radius 3 is 1.63 bits per heavy atom. The largest absolute Gasteiger partial charge is 0.455 e. The Bertz CT molecular complexity index is 2830. The van der Waals surface area contributed by atoms with Crippen LogP contribution in [0.1, 0.15) is 188 Å². The van der Waals surface area contributed by atoms with Gasteiger partial charge < -0.3 is 4.12 Å². The summed E-state index contributed by atoms with van der Waals surface area (Å²) in [6, 6.07) is 57.0. The number of nitrogens with zero attached hydrogens (tertiary/aromatic N) is 3. The van der Waals surface area contributed by atoms with E-state index in [1.807, 2.05) is 12.4 Å². The molecule has 0 aliphatic heterocycles. The van der Waals surface area contributed by atoms with Crippen LogP contribution in [-0.2, 0) is 20.4 Å². The van der Waals surface area contributed by atoms with E-state index in [0.717, 1.165) is 49.3 Å². The van der Waals surface area contributed by atoms with Gasteiger partial charge in [-0.3, -0.25) is 15.0 Å². The SMILES string of the molecule is CCCCCCC(C)(C)c1ccc(C2(c3ccc(/N=C/c4ccc(C(C)(CCCCC)C(/C=N\CC[Si](C)(C)O[Si](C)(C)CC/N=C/c5ccc(C(C)CCC)cc5)CC)cc4)cc3)c3ccccc3-c3ccccc32)cc1. The molecule has 78 heavy (non-hydrogen) atoms. The Balaban J connectivity index is 1.02. The van der Waals surface area contributed by atoms with Crippen molar-refractivity contribution in [3.05, 3.63) is 196 Å². The number of benzene rings is 6. The van der Waals surface area contributed by atoms with E-state index >= 15 is 0 Å². The summed E-state index contributed by atoms with van der Waals surface area (Å²) >= 11 is 0. The van der Waals surface area contributed by atoms with Crippen LogP contribution in [0.4, 0.5) is 5.69 Å². The molecular weight excluding hydrogens is 979 g/mol. The lowest BCUT2D eigenvalue weighted by Crippen LogP contribution is -2.45. The van der Waals surface area contributed by atoms with Gasteiger partial charge in [-0.15, -0.1) is 0 Å². The molecule has 0 spiro atoms. The number of fused-ring (bicyclic) bond motifs is 3. The molecule has 0 heterocycles. The van der Waals surface area contributed by atoms with Gasteiger partial charge in [0.1, 0.15) is 0 Å². The minimum atomic E-state index is -1.92. The van der Waals surface area contributed by atoms with Crippen LogP contribution in [0.25, 0.3) is 11.1 Å². The molecule has 3 unspecified atom stereocenters. The second kappa shape index (κ2) is 27.7. The van der Waals surface area contributed by atoms with Gasteiger partial charge >= 0.3 is 0 Å². The third kappa shape index (κ3) is 14.9. The van der Waals surface area contributed by atoms with Gasteiger partial charge in [0.2, 0.25) is 0 Å². The fourth-order valence-corrected chi connectivity index (χ4v) is 20.8. The van der Waals surface area contributed by atoms with Crippen molar-refractivity contribution < 1.29 is 4.12 Å². The fraction of sp³-hybridized carbons (Fsp3) is 0.458. The van der Waals surface area contributed by atoms with E-state index in [4.69, 9.17) is 19.1 Å². The molecule has 1 aliphatic rings. The van der Waals surface area contributed by atoms with Crippen LogP contribution in [-0.4, -0.2) is 48.4 Å². The van der Waals surface area contributed by atoms with Crippen LogP contribution in [0.15, 0.2) is 161 Å². The summed E-state index contributed by atoms with van der Waals surface area (Å²) in [6.45, 7) is 30.0. The van der Waals surface area contributed by atoms with Crippen molar-refractivity contribution in [2.45, 2.75) is 193 Å². The predicted molar refractivity (Wildman–Crippen MR) is 346 cm³/mol. The first-order chi connectivity index (χ1) is 37.5. The fourth-order valence-electron chi connectivity index (χ4n) is 12.6. The van der Waals surface area contributed by atoms with Crippen LogP contribution in [0.3, 0.4) is 0 Å². The molecule has 6 aromatic rings. The molecule has 0 saturated heterocycles. The van der Waals surface area contributed by atoms with E-state index < -0.39 is 22.0 Å². The number of rotatable bonds is 30. The molecule has 0 fully saturated rings. The van der Waals surface area contributed by atoms with E-state index in [9.17, 15) is 0 Å². The first-order valence-corrected chi connectivity index (χ1v) is 36.6. The molecule has 4 nitrogen and oxygen atoms in total. The molecule has 0 N–H and O–H groups in total. The van der Waals surface area contributed by atoms with Crippen molar-refractivity contribution >= 4 is 41.0 Å². The molecule has 0 aromatic heterocycles. The summed E-state index contributed by atoms with van der Waals surface area (Å²) in [4.78, 5) is 15.1. The van der Waals surface area contributed by atoms with Crippen molar-refractivity contribution in [3.8, 4) is 11.1 Å². The van der Waals surface area contributed by atoms with Gasteiger partial charge in [0, 0.05) is 43.1 Å². The van der Waals surface area contributed by atoms with Gasteiger partial charge in [0.15, 0.2) is 16.6 Å². The molecule has 6 aromatic carbocycles. The molecule has 414 valence electrons. The molecular formula is C72H97N3OSi2. The molecule has 0 saturated carbocycles. The monoisotopic (exact) mass is 1080 g/mol. The average Bonchev–Trinajstić information content (AvgIpc) is 3.99. The third-order valence-corrected chi connectivity index (χ3v) is 24.8. The molecule has 1 aliphatic carbocycles. The van der Waals surface area contributed by atoms with E-state index in [1.165, 1.54) is 120 Å². The molecule has 6 heteroatoms. The maximum atomic E-state index is 7.05. The maximum Gasteiger partial charge on any atom is 0.175 e. The van der Waals surface area contributed by atoms with Crippen LogP contribution in [0.2, 0.25) is 38.3 Å². The average molecular weight is 1080 g/mol. The van der Waals surface area contributed by atoms with Gasteiger partial charge in [0.05, 0.1) is 11.1 Å². The second-order valence-corrected chi connectivity index (χ2v) is 33.9. The number of hydrogen-bond acceptors (Lipinski definition) is 4. The van der Waals surface area contributed by atoms with Crippen LogP contribution in [0, 0.1) is 5.92 Å². The zero-order valence-corrected chi connectivity index (χ0v) is 52.3. The van der Waals surface area contributed by atoms with Gasteiger partial charge in [-0.25, -0.2) is 0 Å². The van der Waals surface area contributed by atoms with Crippen LogP contribution < -0.4 is 0 Å². The Labute approximate surface area is 476 Å². The summed E-state index contributed by atoms with van der Waals surface area (Å²) in [5.41, 5.74) is 15.0. The Hall–Kier alpha value is -5.28. The molecule has 0 amide bonds. The van der Waals surface area contributed by atoms with E-state index in [-0.39, 0.29) is 10.8 Å². The summed E-state index contributed by atoms with van der Waals surface area (Å²) < 4.78 is 7.05. The van der Waals surface area contributed by atoms with Crippen LogP contribution >= 0.6 is 0 Å². The topological polar surface area (TPSA) is 46.3 Å². The zero-order valence-electron chi connectivity index (χ0n) is 50.3. The highest BCUT2D eigenvalue weighted by atomic mass is 28.4. The highest BCUT2D eigenvalue weighted by Gasteiger charge is 2.46. The third-order valence-electron chi connectivity index (χ3n) is 17.5. The van der Waals surface area contributed by atoms with Crippen molar-refractivity contribution in [2.24, 2.45) is 20.9 Å². The zero-order chi connectivity index (χ0) is 55.8. The van der Waals surface area contributed by atoms with Crippen molar-refractivity contribution in [1.29, 1.82) is 0 Å². The van der Waals surface area contributed by atoms with Crippen LogP contribution in [0.5, 0.6) is 0 Å². The molecule has 3 atom stereocenters. The normalized spacial score (nSPS) is 15.2. The summed E-state index contributed by atoms with van der Waals surface area (Å²) in [5.74, 6) is 0.944. The molecule has 0 bridgehead atoms. The van der Waals surface area contributed by atoms with Gasteiger partial charge in [-0.05, 0) is 149 Å². The lowest BCUT2D eigenvalue weighted by molar-refractivity contribution is 0.326. The van der Waals surface area contributed by atoms with E-state index in [0.29, 0.717) is 11.8 Å².